The van der Waals surface area contributed by atoms with Crippen molar-refractivity contribution in [2.75, 3.05) is 33.5 Å². The summed E-state index contributed by atoms with van der Waals surface area (Å²) in [5, 5.41) is 7.27. The summed E-state index contributed by atoms with van der Waals surface area (Å²) >= 11 is 0. The summed E-state index contributed by atoms with van der Waals surface area (Å²) < 4.78 is 17.2. The molecular weight excluding hydrogens is 410 g/mol. The number of aromatic nitrogens is 2. The molecule has 0 aliphatic heterocycles. The number of hydrogen-bond donors (Lipinski definition) is 1. The van der Waals surface area contributed by atoms with Gasteiger partial charge in [-0.1, -0.05) is 0 Å². The van der Waals surface area contributed by atoms with Crippen molar-refractivity contribution in [2.45, 2.75) is 13.8 Å². The van der Waals surface area contributed by atoms with Crippen LogP contribution >= 0.6 is 0 Å². The monoisotopic (exact) mass is 437 g/mol. The summed E-state index contributed by atoms with van der Waals surface area (Å²) in [6, 6.07) is 16.2. The van der Waals surface area contributed by atoms with Crippen molar-refractivity contribution >= 4 is 11.9 Å². The number of benzene rings is 2. The first-order chi connectivity index (χ1) is 15.6. The minimum absolute atomic E-state index is 0.181. The highest BCUT2D eigenvalue weighted by molar-refractivity contribution is 5.94. The van der Waals surface area contributed by atoms with E-state index in [2.05, 4.69) is 10.4 Å². The van der Waals surface area contributed by atoms with E-state index in [1.165, 1.54) is 0 Å². The van der Waals surface area contributed by atoms with Crippen LogP contribution in [0.5, 0.6) is 5.75 Å². The van der Waals surface area contributed by atoms with E-state index in [-0.39, 0.29) is 18.2 Å². The molecule has 8 nitrogen and oxygen atoms in total. The van der Waals surface area contributed by atoms with Gasteiger partial charge in [0.25, 0.3) is 5.91 Å². The second-order valence-electron chi connectivity index (χ2n) is 6.78. The molecule has 8 heteroatoms. The third-order valence-corrected chi connectivity index (χ3v) is 4.69. The average Bonchev–Trinajstić information content (AvgIpc) is 3.28. The molecule has 32 heavy (non-hydrogen) atoms. The predicted octanol–water partition coefficient (Wildman–Crippen LogP) is 3.49. The third kappa shape index (κ3) is 5.53. The molecule has 1 aromatic heterocycles. The zero-order chi connectivity index (χ0) is 22.9. The van der Waals surface area contributed by atoms with Crippen molar-refractivity contribution in [1.82, 2.24) is 15.1 Å². The summed E-state index contributed by atoms with van der Waals surface area (Å²) in [7, 11) is 1.60. The number of amides is 1. The van der Waals surface area contributed by atoms with E-state index in [0.717, 1.165) is 11.3 Å². The molecular formula is C24H27N3O5. The quantitative estimate of drug-likeness (QED) is 0.386. The largest absolute Gasteiger partial charge is 0.497 e. The first-order valence-electron chi connectivity index (χ1n) is 10.4. The highest BCUT2D eigenvalue weighted by Crippen LogP contribution is 2.26. The normalized spacial score (nSPS) is 10.6. The summed E-state index contributed by atoms with van der Waals surface area (Å²) in [4.78, 5) is 24.6. The predicted molar refractivity (Wildman–Crippen MR) is 120 cm³/mol. The summed E-state index contributed by atoms with van der Waals surface area (Å²) in [5.41, 5.74) is 3.00. The van der Waals surface area contributed by atoms with Gasteiger partial charge in [-0.3, -0.25) is 4.79 Å². The van der Waals surface area contributed by atoms with Gasteiger partial charge >= 0.3 is 5.97 Å². The molecule has 0 atom stereocenters. The molecule has 0 aliphatic carbocycles. The van der Waals surface area contributed by atoms with Gasteiger partial charge in [0.2, 0.25) is 0 Å². The lowest BCUT2D eigenvalue weighted by atomic mass is 10.1. The molecule has 0 aliphatic rings. The van der Waals surface area contributed by atoms with Crippen molar-refractivity contribution in [2.24, 2.45) is 0 Å². The van der Waals surface area contributed by atoms with Gasteiger partial charge in [-0.05, 0) is 68.4 Å². The average molecular weight is 437 g/mol. The second kappa shape index (κ2) is 11.1. The van der Waals surface area contributed by atoms with Crippen molar-refractivity contribution in [1.29, 1.82) is 0 Å². The second-order valence-corrected chi connectivity index (χ2v) is 6.78. The number of hydrogen-bond acceptors (Lipinski definition) is 6. The maximum absolute atomic E-state index is 12.3. The molecule has 2 aromatic carbocycles. The molecule has 3 aromatic rings. The Hall–Kier alpha value is -3.65. The van der Waals surface area contributed by atoms with E-state index < -0.39 is 5.97 Å². The Labute approximate surface area is 187 Å². The molecule has 0 radical (unpaired) electrons. The van der Waals surface area contributed by atoms with Crippen LogP contribution in [0.15, 0.2) is 54.6 Å². The van der Waals surface area contributed by atoms with E-state index >= 15 is 0 Å². The lowest BCUT2D eigenvalue weighted by molar-refractivity contribution is 0.0518. The van der Waals surface area contributed by atoms with Gasteiger partial charge in [-0.15, -0.1) is 0 Å². The number of nitrogens with one attached hydrogen (secondary N) is 1. The molecule has 1 amide bonds. The van der Waals surface area contributed by atoms with Crippen LogP contribution in [0.3, 0.4) is 0 Å². The van der Waals surface area contributed by atoms with Crippen LogP contribution in [-0.4, -0.2) is 55.1 Å². The lowest BCUT2D eigenvalue weighted by Crippen LogP contribution is -2.27. The highest BCUT2D eigenvalue weighted by Gasteiger charge is 2.18. The highest BCUT2D eigenvalue weighted by atomic mass is 16.5. The molecule has 0 spiro atoms. The van der Waals surface area contributed by atoms with Crippen LogP contribution < -0.4 is 10.1 Å². The minimum Gasteiger partial charge on any atom is -0.497 e. The van der Waals surface area contributed by atoms with E-state index in [0.29, 0.717) is 36.7 Å². The number of carbonyl (C=O) groups is 2. The first kappa shape index (κ1) is 23.0. The number of methoxy groups -OCH3 is 1. The van der Waals surface area contributed by atoms with Crippen molar-refractivity contribution in [3.8, 4) is 22.7 Å². The number of ether oxygens (including phenoxy) is 3. The summed E-state index contributed by atoms with van der Waals surface area (Å²) in [5.74, 6) is 0.0516. The van der Waals surface area contributed by atoms with Crippen LogP contribution in [0.2, 0.25) is 0 Å². The Morgan fingerprint density at radius 2 is 1.72 bits per heavy atom. The van der Waals surface area contributed by atoms with E-state index in [1.807, 2.05) is 31.2 Å². The van der Waals surface area contributed by atoms with Crippen molar-refractivity contribution in [3.05, 3.63) is 65.9 Å². The number of esters is 1. The van der Waals surface area contributed by atoms with Gasteiger partial charge in [0, 0.05) is 24.3 Å². The van der Waals surface area contributed by atoms with Crippen LogP contribution in [0.4, 0.5) is 0 Å². The summed E-state index contributed by atoms with van der Waals surface area (Å²) in [6.07, 6.45) is 0. The fourth-order valence-corrected chi connectivity index (χ4v) is 3.09. The molecule has 1 heterocycles. The Bertz CT molecular complexity index is 1040. The SMILES string of the molecule is CCOCCNC(=O)c1ccc(-n2nc(C(=O)OCC)cc2-c2ccc(OC)cc2)cc1. The molecule has 0 bridgehead atoms. The number of nitrogens with zero attached hydrogens (tertiary/aromatic N) is 2. The van der Waals surface area contributed by atoms with E-state index in [4.69, 9.17) is 14.2 Å². The molecule has 3 rings (SSSR count). The van der Waals surface area contributed by atoms with Gasteiger partial charge in [0.1, 0.15) is 5.75 Å². The van der Waals surface area contributed by atoms with Crippen molar-refractivity contribution < 1.29 is 23.8 Å². The van der Waals surface area contributed by atoms with Crippen LogP contribution in [0.25, 0.3) is 16.9 Å². The standard InChI is InChI=1S/C24H27N3O5/c1-4-31-15-14-25-23(28)18-6-10-19(11-7-18)27-22(16-21(26-27)24(29)32-5-2)17-8-12-20(30-3)13-9-17/h6-13,16H,4-5,14-15H2,1-3H3,(H,25,28). The Morgan fingerprint density at radius 3 is 2.34 bits per heavy atom. The zero-order valence-electron chi connectivity index (χ0n) is 18.5. The molecule has 168 valence electrons. The fourth-order valence-electron chi connectivity index (χ4n) is 3.09. The van der Waals surface area contributed by atoms with Crippen LogP contribution in [-0.2, 0) is 9.47 Å². The third-order valence-electron chi connectivity index (χ3n) is 4.69. The van der Waals surface area contributed by atoms with Gasteiger partial charge in [-0.2, -0.15) is 5.10 Å². The fraction of sp³-hybridized carbons (Fsp3) is 0.292. The molecule has 0 saturated heterocycles. The number of rotatable bonds is 10. The van der Waals surface area contributed by atoms with Gasteiger partial charge < -0.3 is 19.5 Å². The topological polar surface area (TPSA) is 91.7 Å². The van der Waals surface area contributed by atoms with Crippen molar-refractivity contribution in [3.63, 3.8) is 0 Å². The van der Waals surface area contributed by atoms with Gasteiger partial charge in [0.15, 0.2) is 5.69 Å². The van der Waals surface area contributed by atoms with Crippen LogP contribution in [0, 0.1) is 0 Å². The summed E-state index contributed by atoms with van der Waals surface area (Å²) in [6.45, 7) is 5.43. The van der Waals surface area contributed by atoms with E-state index in [9.17, 15) is 9.59 Å². The first-order valence-corrected chi connectivity index (χ1v) is 10.4. The minimum atomic E-state index is -0.494. The maximum Gasteiger partial charge on any atom is 0.358 e. The Balaban J connectivity index is 1.89. The molecule has 0 saturated carbocycles. The zero-order valence-corrected chi connectivity index (χ0v) is 18.5. The lowest BCUT2D eigenvalue weighted by Gasteiger charge is -2.10. The van der Waals surface area contributed by atoms with Gasteiger partial charge in [0.05, 0.1) is 31.7 Å². The van der Waals surface area contributed by atoms with Crippen LogP contribution in [0.1, 0.15) is 34.7 Å². The molecule has 1 N–H and O–H groups in total. The molecule has 0 fully saturated rings. The smallest absolute Gasteiger partial charge is 0.358 e. The Morgan fingerprint density at radius 1 is 1.00 bits per heavy atom. The maximum atomic E-state index is 12.3. The molecule has 0 unspecified atom stereocenters. The Kier molecular flexibility index (Phi) is 7.99. The number of carbonyl (C=O) groups excluding carboxylic acids is 2. The van der Waals surface area contributed by atoms with Gasteiger partial charge in [-0.25, -0.2) is 9.48 Å². The van der Waals surface area contributed by atoms with E-state index in [1.54, 1.807) is 49.0 Å².